The number of rotatable bonds is 1. The second kappa shape index (κ2) is 2.61. The van der Waals surface area contributed by atoms with Crippen molar-refractivity contribution in [3.63, 3.8) is 0 Å². The zero-order valence-electron chi connectivity index (χ0n) is 6.14. The van der Waals surface area contributed by atoms with Crippen LogP contribution in [0.25, 0.3) is 0 Å². The second-order valence-corrected chi connectivity index (χ2v) is 2.25. The first-order valence-corrected chi connectivity index (χ1v) is 3.42. The van der Waals surface area contributed by atoms with Crippen LogP contribution in [-0.4, -0.2) is 25.9 Å². The average Bonchev–Trinajstić information content (AvgIpc) is 2.77. The lowest BCUT2D eigenvalue weighted by Crippen LogP contribution is -2.11. The maximum Gasteiger partial charge on any atom is 0.281 e. The molecule has 0 aliphatic rings. The van der Waals surface area contributed by atoms with E-state index in [9.17, 15) is 4.79 Å². The van der Waals surface area contributed by atoms with Crippen LogP contribution in [0.15, 0.2) is 30.9 Å². The number of hydrogen-bond acceptors (Lipinski definition) is 3. The Morgan fingerprint density at radius 1 is 1.58 bits per heavy atom. The first-order valence-electron chi connectivity index (χ1n) is 3.42. The van der Waals surface area contributed by atoms with Crippen molar-refractivity contribution in [2.45, 2.75) is 0 Å². The van der Waals surface area contributed by atoms with Gasteiger partial charge in [-0.25, -0.2) is 0 Å². The predicted molar refractivity (Wildman–Crippen MR) is 40.5 cm³/mol. The highest BCUT2D eigenvalue weighted by atomic mass is 16.2. The Morgan fingerprint density at radius 3 is 3.08 bits per heavy atom. The average molecular weight is 162 g/mol. The van der Waals surface area contributed by atoms with Gasteiger partial charge in [-0.1, -0.05) is 5.21 Å². The molecule has 2 rings (SSSR count). The Bertz CT molecular complexity index is 326. The molecule has 0 atom stereocenters. The molecule has 5 heteroatoms. The molecule has 0 fully saturated rings. The van der Waals surface area contributed by atoms with Crippen LogP contribution in [-0.2, 0) is 0 Å². The smallest absolute Gasteiger partial charge is 0.281 e. The van der Waals surface area contributed by atoms with Crippen molar-refractivity contribution >= 4 is 5.91 Å². The molecule has 60 valence electrons. The molecule has 2 heterocycles. The fourth-order valence-corrected chi connectivity index (χ4v) is 0.906. The monoisotopic (exact) mass is 162 g/mol. The summed E-state index contributed by atoms with van der Waals surface area (Å²) in [7, 11) is 0. The van der Waals surface area contributed by atoms with Gasteiger partial charge in [0.25, 0.3) is 5.91 Å². The molecule has 0 unspecified atom stereocenters. The molecule has 5 nitrogen and oxygen atoms in total. The fraction of sp³-hybridized carbons (Fsp3) is 0. The van der Waals surface area contributed by atoms with Crippen LogP contribution >= 0.6 is 0 Å². The third-order valence-corrected chi connectivity index (χ3v) is 1.48. The zero-order chi connectivity index (χ0) is 8.39. The van der Waals surface area contributed by atoms with E-state index in [2.05, 4.69) is 15.3 Å². The number of hydrogen-bond donors (Lipinski definition) is 1. The minimum atomic E-state index is -0.186. The summed E-state index contributed by atoms with van der Waals surface area (Å²) in [5.74, 6) is -0.186. The van der Waals surface area contributed by atoms with Crippen LogP contribution in [0.5, 0.6) is 0 Å². The van der Waals surface area contributed by atoms with Gasteiger partial charge in [-0.15, -0.1) is 5.10 Å². The molecule has 2 aromatic heterocycles. The van der Waals surface area contributed by atoms with E-state index in [0.717, 1.165) is 0 Å². The lowest BCUT2D eigenvalue weighted by Gasteiger charge is -1.93. The summed E-state index contributed by atoms with van der Waals surface area (Å²) in [6, 6.07) is 1.68. The van der Waals surface area contributed by atoms with Crippen LogP contribution in [0.3, 0.4) is 0 Å². The van der Waals surface area contributed by atoms with E-state index >= 15 is 0 Å². The van der Waals surface area contributed by atoms with Crippen molar-refractivity contribution in [1.29, 1.82) is 0 Å². The Hall–Kier alpha value is -1.91. The highest BCUT2D eigenvalue weighted by Crippen LogP contribution is 1.98. The van der Waals surface area contributed by atoms with Gasteiger partial charge < -0.3 is 4.98 Å². The van der Waals surface area contributed by atoms with Gasteiger partial charge in [-0.2, -0.15) is 4.68 Å². The number of H-pyrrole nitrogens is 1. The minimum absolute atomic E-state index is 0.186. The van der Waals surface area contributed by atoms with Crippen molar-refractivity contribution in [1.82, 2.24) is 20.0 Å². The molecule has 0 aromatic carbocycles. The van der Waals surface area contributed by atoms with Crippen molar-refractivity contribution in [2.75, 3.05) is 0 Å². The van der Waals surface area contributed by atoms with Gasteiger partial charge in [0.15, 0.2) is 0 Å². The summed E-state index contributed by atoms with van der Waals surface area (Å²) in [5, 5.41) is 7.11. The normalized spacial score (nSPS) is 10.0. The number of carbonyl (C=O) groups is 1. The van der Waals surface area contributed by atoms with Crippen LogP contribution in [0.4, 0.5) is 0 Å². The van der Waals surface area contributed by atoms with E-state index < -0.39 is 0 Å². The van der Waals surface area contributed by atoms with E-state index in [-0.39, 0.29) is 5.91 Å². The molecule has 0 saturated carbocycles. The molecular weight excluding hydrogens is 156 g/mol. The molecule has 0 saturated heterocycles. The van der Waals surface area contributed by atoms with Gasteiger partial charge in [0.1, 0.15) is 0 Å². The lowest BCUT2D eigenvalue weighted by atomic mass is 10.3. The van der Waals surface area contributed by atoms with Gasteiger partial charge in [-0.3, -0.25) is 4.79 Å². The molecule has 0 aliphatic carbocycles. The SMILES string of the molecule is O=C(c1cc[nH]c1)n1ccnn1. The molecular formula is C7H6N4O. The third kappa shape index (κ3) is 1.01. The van der Waals surface area contributed by atoms with E-state index in [1.807, 2.05) is 0 Å². The van der Waals surface area contributed by atoms with Gasteiger partial charge >= 0.3 is 0 Å². The Morgan fingerprint density at radius 2 is 2.50 bits per heavy atom. The quantitative estimate of drug-likeness (QED) is 0.655. The second-order valence-electron chi connectivity index (χ2n) is 2.25. The number of aromatic amines is 1. The van der Waals surface area contributed by atoms with Gasteiger partial charge in [0, 0.05) is 12.4 Å². The molecule has 1 N–H and O–H groups in total. The third-order valence-electron chi connectivity index (χ3n) is 1.48. The summed E-state index contributed by atoms with van der Waals surface area (Å²) < 4.78 is 1.18. The van der Waals surface area contributed by atoms with Crippen LogP contribution in [0.2, 0.25) is 0 Å². The van der Waals surface area contributed by atoms with Crippen molar-refractivity contribution < 1.29 is 4.79 Å². The molecule has 0 radical (unpaired) electrons. The molecule has 0 bridgehead atoms. The first-order chi connectivity index (χ1) is 5.88. The summed E-state index contributed by atoms with van der Waals surface area (Å²) in [6.07, 6.45) is 6.27. The topological polar surface area (TPSA) is 63.6 Å². The molecule has 2 aromatic rings. The van der Waals surface area contributed by atoms with E-state index in [1.165, 1.54) is 17.1 Å². The maximum absolute atomic E-state index is 11.4. The van der Waals surface area contributed by atoms with Crippen LogP contribution < -0.4 is 0 Å². The highest BCUT2D eigenvalue weighted by Gasteiger charge is 2.07. The van der Waals surface area contributed by atoms with Crippen molar-refractivity contribution in [2.24, 2.45) is 0 Å². The summed E-state index contributed by atoms with van der Waals surface area (Å²) in [4.78, 5) is 14.2. The predicted octanol–water partition coefficient (Wildman–Crippen LogP) is 0.295. The van der Waals surface area contributed by atoms with Crippen LogP contribution in [0.1, 0.15) is 10.4 Å². The van der Waals surface area contributed by atoms with E-state index in [1.54, 1.807) is 18.5 Å². The summed E-state index contributed by atoms with van der Waals surface area (Å²) in [5.41, 5.74) is 0.570. The lowest BCUT2D eigenvalue weighted by molar-refractivity contribution is 0.0943. The van der Waals surface area contributed by atoms with Crippen LogP contribution in [0, 0.1) is 0 Å². The number of aromatic nitrogens is 4. The Labute approximate surface area is 68.0 Å². The highest BCUT2D eigenvalue weighted by molar-refractivity contribution is 5.94. The summed E-state index contributed by atoms with van der Waals surface area (Å²) in [6.45, 7) is 0. The Balaban J connectivity index is 2.34. The van der Waals surface area contributed by atoms with Crippen molar-refractivity contribution in [3.05, 3.63) is 36.4 Å². The standard InChI is InChI=1S/C7H6N4O/c12-7(6-1-2-8-5-6)11-4-3-9-10-11/h1-5,8H. The number of nitrogens with zero attached hydrogens (tertiary/aromatic N) is 3. The van der Waals surface area contributed by atoms with Crippen molar-refractivity contribution in [3.8, 4) is 0 Å². The largest absolute Gasteiger partial charge is 0.367 e. The molecule has 0 spiro atoms. The van der Waals surface area contributed by atoms with Gasteiger partial charge in [-0.05, 0) is 6.07 Å². The maximum atomic E-state index is 11.4. The number of nitrogens with one attached hydrogen (secondary N) is 1. The fourth-order valence-electron chi connectivity index (χ4n) is 0.906. The first kappa shape index (κ1) is 6.78. The number of carbonyl (C=O) groups excluding carboxylic acids is 1. The molecule has 0 aliphatic heterocycles. The van der Waals surface area contributed by atoms with Gasteiger partial charge in [0.05, 0.1) is 18.0 Å². The molecule has 0 amide bonds. The summed E-state index contributed by atoms with van der Waals surface area (Å²) >= 11 is 0. The minimum Gasteiger partial charge on any atom is -0.367 e. The van der Waals surface area contributed by atoms with E-state index in [0.29, 0.717) is 5.56 Å². The molecule has 12 heavy (non-hydrogen) atoms. The van der Waals surface area contributed by atoms with E-state index in [4.69, 9.17) is 0 Å². The van der Waals surface area contributed by atoms with Gasteiger partial charge in [0.2, 0.25) is 0 Å². The zero-order valence-corrected chi connectivity index (χ0v) is 6.14. The Kier molecular flexibility index (Phi) is 1.48.